The van der Waals surface area contributed by atoms with Crippen molar-refractivity contribution >= 4 is 76.9 Å². The first-order chi connectivity index (χ1) is 37.1. The lowest BCUT2D eigenvalue weighted by Crippen LogP contribution is -2.58. The molecule has 6 aromatic rings. The van der Waals surface area contributed by atoms with E-state index in [9.17, 15) is 59.9 Å². The van der Waals surface area contributed by atoms with Gasteiger partial charge in [-0.2, -0.15) is 8.42 Å². The Bertz CT molecular complexity index is 3350. The first kappa shape index (κ1) is 57.6. The smallest absolute Gasteiger partial charge is 0.569 e. The number of ketones is 1. The molecule has 0 aliphatic carbocycles. The molecule has 0 fully saturated rings. The summed E-state index contributed by atoms with van der Waals surface area (Å²) in [7, 11) is -14.1. The molecule has 1 aliphatic rings. The van der Waals surface area contributed by atoms with Crippen LogP contribution in [-0.2, 0) is 57.8 Å². The highest BCUT2D eigenvalue weighted by molar-refractivity contribution is 7.85. The maximum atomic E-state index is 14.6. The van der Waals surface area contributed by atoms with Crippen LogP contribution in [0.2, 0.25) is 0 Å². The van der Waals surface area contributed by atoms with E-state index in [4.69, 9.17) is 9.00 Å². The minimum Gasteiger partial charge on any atom is -0.569 e. The summed E-state index contributed by atoms with van der Waals surface area (Å²) in [5.41, 5.74) is 2.36. The number of phosphoric acid groups is 1. The van der Waals surface area contributed by atoms with Crippen molar-refractivity contribution in [1.82, 2.24) is 26.6 Å². The normalized spacial score (nSPS) is 14.3. The molecule has 1 heterocycles. The number of allylic oxidation sites excluding steroid dienone is 1. The van der Waals surface area contributed by atoms with Gasteiger partial charge >= 0.3 is 14.9 Å². The second-order valence-electron chi connectivity index (χ2n) is 18.1. The van der Waals surface area contributed by atoms with Crippen LogP contribution < -0.4 is 31.1 Å². The molecule has 408 valence electrons. The largest absolute Gasteiger partial charge is 0.995 e. The molecule has 5 amide bonds. The van der Waals surface area contributed by atoms with E-state index in [1.54, 1.807) is 66.7 Å². The van der Waals surface area contributed by atoms with Crippen LogP contribution >= 0.6 is 7.82 Å². The predicted octanol–water partition coefficient (Wildman–Crippen LogP) is 5.56. The van der Waals surface area contributed by atoms with Crippen LogP contribution in [0.3, 0.4) is 0 Å². The summed E-state index contributed by atoms with van der Waals surface area (Å²) in [6.45, 7) is -0.468. The van der Waals surface area contributed by atoms with Crippen molar-refractivity contribution in [2.75, 3.05) is 18.8 Å². The third-order valence-electron chi connectivity index (χ3n) is 12.1. The highest BCUT2D eigenvalue weighted by Gasteiger charge is 2.53. The molecule has 7 rings (SSSR count). The second kappa shape index (κ2) is 26.3. The average molecular weight is 1110 g/mol. The van der Waals surface area contributed by atoms with Crippen molar-refractivity contribution in [2.24, 2.45) is 0 Å². The van der Waals surface area contributed by atoms with Gasteiger partial charge in [-0.1, -0.05) is 121 Å². The minimum absolute atomic E-state index is 0.0499. The van der Waals surface area contributed by atoms with Gasteiger partial charge in [0.25, 0.3) is 21.8 Å². The summed E-state index contributed by atoms with van der Waals surface area (Å²) in [5.74, 6) is -4.91. The van der Waals surface area contributed by atoms with E-state index in [1.165, 1.54) is 54.6 Å². The van der Waals surface area contributed by atoms with Gasteiger partial charge in [0.15, 0.2) is 0 Å². The molecule has 0 unspecified atom stereocenters. The Kier molecular flexibility index (Phi) is 19.4. The molecule has 24 heteroatoms. The number of benzene rings is 6. The molecule has 1 aliphatic heterocycles. The third kappa shape index (κ3) is 18.0. The number of halogens is 2. The zero-order valence-corrected chi connectivity index (χ0v) is 43.3. The minimum atomic E-state index is -4.90. The van der Waals surface area contributed by atoms with Gasteiger partial charge in [0.2, 0.25) is 23.6 Å². The molecule has 8 N–H and O–H groups in total. The summed E-state index contributed by atoms with van der Waals surface area (Å²) in [4.78, 5) is 88.1. The summed E-state index contributed by atoms with van der Waals surface area (Å²) in [6, 6.07) is 37.0. The Labute approximate surface area is 447 Å². The first-order valence-electron chi connectivity index (χ1n) is 24.5. The van der Waals surface area contributed by atoms with Crippen LogP contribution in [0.1, 0.15) is 61.8 Å². The number of fused-ring (bicyclic) bond motifs is 1. The molecule has 78 heavy (non-hydrogen) atoms. The monoisotopic (exact) mass is 1110 g/mol. The number of amides is 5. The van der Waals surface area contributed by atoms with E-state index in [1.807, 2.05) is 36.4 Å². The van der Waals surface area contributed by atoms with Gasteiger partial charge in [-0.05, 0) is 77.1 Å². The zero-order valence-electron chi connectivity index (χ0n) is 41.6. The Balaban J connectivity index is 1.05. The summed E-state index contributed by atoms with van der Waals surface area (Å²) >= 11 is 0. The number of phosphoric ester groups is 1. The fourth-order valence-electron chi connectivity index (χ4n) is 8.35. The molecule has 3 atom stereocenters. The SMILES string of the molecule is O=C(Cc1ccc2ccccc2c1)N[C@@H](Cc1ccc(OP(=O)(O)O)cc1)C(=O)N[C@@H](Cc1ccccc1)C(=O)N[C@@H](CCCCNC(=O)c1cccc(C2=[O+][B-](F)(F)OC(c3ccccc3)=C2)c1)C(=O)NCCS(=O)(=O)O. The van der Waals surface area contributed by atoms with E-state index < -0.39 is 85.0 Å². The molecule has 19 nitrogen and oxygen atoms in total. The van der Waals surface area contributed by atoms with Gasteiger partial charge in [-0.25, -0.2) is 4.57 Å². The zero-order chi connectivity index (χ0) is 55.9. The number of unbranched alkanes of at least 4 members (excludes halogenated alkanes) is 1. The number of hydrogen-bond donors (Lipinski definition) is 8. The predicted molar refractivity (Wildman–Crippen MR) is 286 cm³/mol. The van der Waals surface area contributed by atoms with Crippen LogP contribution in [-0.4, -0.2) is 102 Å². The molecule has 0 saturated carbocycles. The quantitative estimate of drug-likeness (QED) is 0.0115. The van der Waals surface area contributed by atoms with Crippen molar-refractivity contribution in [3.05, 3.63) is 191 Å². The van der Waals surface area contributed by atoms with Crippen LogP contribution in [0.25, 0.3) is 16.5 Å². The molecule has 0 saturated heterocycles. The molecular formula is C54H55BF2N5O14PS. The maximum absolute atomic E-state index is 14.6. The fourth-order valence-corrected chi connectivity index (χ4v) is 9.11. The lowest BCUT2D eigenvalue weighted by molar-refractivity contribution is -0.183. The second-order valence-corrected chi connectivity index (χ2v) is 20.9. The van der Waals surface area contributed by atoms with Crippen molar-refractivity contribution in [3.8, 4) is 5.75 Å². The Morgan fingerprint density at radius 3 is 1.92 bits per heavy atom. The molecule has 0 bridgehead atoms. The highest BCUT2D eigenvalue weighted by atomic mass is 32.2. The Morgan fingerprint density at radius 1 is 0.641 bits per heavy atom. The third-order valence-corrected chi connectivity index (χ3v) is 13.3. The first-order valence-corrected chi connectivity index (χ1v) is 27.7. The highest BCUT2D eigenvalue weighted by Crippen LogP contribution is 2.37. The van der Waals surface area contributed by atoms with Gasteiger partial charge in [0, 0.05) is 37.1 Å². The molecule has 0 spiro atoms. The molecule has 0 aromatic heterocycles. The van der Waals surface area contributed by atoms with E-state index in [0.717, 1.165) is 10.8 Å². The van der Waals surface area contributed by atoms with Crippen LogP contribution in [0.5, 0.6) is 5.75 Å². The summed E-state index contributed by atoms with van der Waals surface area (Å²) in [6.07, 6.45) is 1.26. The Morgan fingerprint density at radius 2 is 1.24 bits per heavy atom. The van der Waals surface area contributed by atoms with Gasteiger partial charge in [0.1, 0.15) is 23.9 Å². The van der Waals surface area contributed by atoms with Crippen LogP contribution in [0.15, 0.2) is 158 Å². The molecule has 6 aromatic carbocycles. The van der Waals surface area contributed by atoms with Gasteiger partial charge in [-0.15, -0.1) is 0 Å². The van der Waals surface area contributed by atoms with E-state index in [-0.39, 0.29) is 73.5 Å². The summed E-state index contributed by atoms with van der Waals surface area (Å²) in [5, 5.41) is 15.1. The fraction of sp³-hybridized carbons (Fsp3) is 0.222. The number of nitrogens with one attached hydrogen (secondary N) is 5. The number of hydrogen-bond acceptors (Lipinski definition) is 10. The molecular weight excluding hydrogens is 1050 g/mol. The van der Waals surface area contributed by atoms with E-state index >= 15 is 0 Å². The number of carbonyl (C=O) groups excluding carboxylic acids is 6. The lowest BCUT2D eigenvalue weighted by atomic mass is 10.0. The summed E-state index contributed by atoms with van der Waals surface area (Å²) < 4.78 is 87.5. The van der Waals surface area contributed by atoms with Gasteiger partial charge in [0.05, 0.1) is 29.6 Å². The van der Waals surface area contributed by atoms with Crippen LogP contribution in [0.4, 0.5) is 8.63 Å². The standard InChI is InChI=1S/C54H55BF2N5O14PS/c56-55(57)74-48(40-15-5-2-6-16-40)35-49(75-55)42-18-11-19-43(34-42)51(64)58-27-10-9-20-45(52(65)59-28-29-78(71,72)73)61-54(67)47(31-36-12-3-1-4-13-36)62-53(66)46(32-37-22-25-44(26-23-37)76-77(68,69)70)60-50(63)33-38-21-24-39-14-7-8-17-41(39)30-38/h1-8,11-19,21-26,30,34-35,45-47H,9-10,20,27-29,31-33H2,(H,58,64)(H,59,65)(H,60,63)(H,61,67)(H,62,66)(H2,68,69,70)(H,71,72,73)/t45-,46-,47-/m0/s1. The van der Waals surface area contributed by atoms with E-state index in [2.05, 4.69) is 31.1 Å². The lowest BCUT2D eigenvalue weighted by Gasteiger charge is -2.26. The topological polar surface area (TPSA) is 287 Å². The number of rotatable bonds is 25. The van der Waals surface area contributed by atoms with Gasteiger partial charge < -0.3 is 48.7 Å². The Hall–Kier alpha value is -8.08. The number of carbonyl (C=O) groups is 5. The van der Waals surface area contributed by atoms with Crippen LogP contribution in [0, 0.1) is 0 Å². The average Bonchev–Trinajstić information content (AvgIpc) is 3.45. The van der Waals surface area contributed by atoms with Crippen molar-refractivity contribution in [2.45, 2.75) is 56.7 Å². The van der Waals surface area contributed by atoms with Crippen molar-refractivity contribution < 1.29 is 73.4 Å². The van der Waals surface area contributed by atoms with Gasteiger partial charge in [-0.3, -0.25) is 38.3 Å². The molecule has 0 radical (unpaired) electrons. The van der Waals surface area contributed by atoms with Crippen molar-refractivity contribution in [3.63, 3.8) is 0 Å². The van der Waals surface area contributed by atoms with E-state index in [0.29, 0.717) is 22.3 Å². The maximum Gasteiger partial charge on any atom is 0.995 e. The van der Waals surface area contributed by atoms with Crippen molar-refractivity contribution in [1.29, 1.82) is 0 Å².